The number of hydrogen-bond donors (Lipinski definition) is 1. The van der Waals surface area contributed by atoms with Gasteiger partial charge in [-0.2, -0.15) is 0 Å². The Labute approximate surface area is 207 Å². The van der Waals surface area contributed by atoms with Gasteiger partial charge in [-0.05, 0) is 47.7 Å². The zero-order valence-electron chi connectivity index (χ0n) is 20.6. The van der Waals surface area contributed by atoms with E-state index in [2.05, 4.69) is 10.3 Å². The highest BCUT2D eigenvalue weighted by Gasteiger charge is 2.35. The molecule has 2 unspecified atom stereocenters. The van der Waals surface area contributed by atoms with Crippen molar-refractivity contribution in [1.29, 1.82) is 0 Å². The maximum absolute atomic E-state index is 13.4. The topological polar surface area (TPSA) is 71.5 Å². The third kappa shape index (κ3) is 6.27. The number of amides is 2. The van der Waals surface area contributed by atoms with Crippen molar-refractivity contribution in [3.05, 3.63) is 95.3 Å². The third-order valence-electron chi connectivity index (χ3n) is 6.32. The average molecular weight is 472 g/mol. The van der Waals surface area contributed by atoms with E-state index in [1.54, 1.807) is 17.3 Å². The molecule has 6 heteroatoms. The number of nitrogens with zero attached hydrogens (tertiary/aromatic N) is 2. The first kappa shape index (κ1) is 24.5. The molecule has 3 aromatic rings. The SMILES string of the molecule is CC(C)CC(=O)N1Cc2ccccc2CC1C(=O)NC(C)c1ccc(OCc2cccnc2)cc1. The first-order chi connectivity index (χ1) is 16.9. The summed E-state index contributed by atoms with van der Waals surface area (Å²) >= 11 is 0. The molecule has 35 heavy (non-hydrogen) atoms. The van der Waals surface area contributed by atoms with E-state index in [1.807, 2.05) is 81.4 Å². The van der Waals surface area contributed by atoms with Gasteiger partial charge in [-0.15, -0.1) is 0 Å². The molecule has 1 N–H and O–H groups in total. The Kier molecular flexibility index (Phi) is 7.80. The van der Waals surface area contributed by atoms with Crippen LogP contribution in [-0.4, -0.2) is 27.7 Å². The van der Waals surface area contributed by atoms with Gasteiger partial charge in [0.15, 0.2) is 0 Å². The van der Waals surface area contributed by atoms with Gasteiger partial charge in [0.1, 0.15) is 18.4 Å². The molecule has 0 saturated carbocycles. The largest absolute Gasteiger partial charge is 0.489 e. The smallest absolute Gasteiger partial charge is 0.243 e. The van der Waals surface area contributed by atoms with E-state index in [0.717, 1.165) is 28.0 Å². The average Bonchev–Trinajstić information content (AvgIpc) is 2.87. The molecule has 182 valence electrons. The van der Waals surface area contributed by atoms with Crippen LogP contribution in [0, 0.1) is 5.92 Å². The molecule has 4 rings (SSSR count). The fourth-order valence-electron chi connectivity index (χ4n) is 4.38. The quantitative estimate of drug-likeness (QED) is 0.510. The van der Waals surface area contributed by atoms with Crippen molar-refractivity contribution in [3.8, 4) is 5.75 Å². The van der Waals surface area contributed by atoms with Crippen molar-refractivity contribution in [2.24, 2.45) is 5.92 Å². The van der Waals surface area contributed by atoms with Crippen LogP contribution >= 0.6 is 0 Å². The number of pyridine rings is 1. The normalized spacial score (nSPS) is 15.9. The van der Waals surface area contributed by atoms with Crippen LogP contribution in [-0.2, 0) is 29.2 Å². The molecule has 0 aliphatic carbocycles. The molecule has 0 spiro atoms. The Morgan fingerprint density at radius 1 is 1.03 bits per heavy atom. The second-order valence-corrected chi connectivity index (χ2v) is 9.56. The second-order valence-electron chi connectivity index (χ2n) is 9.56. The minimum absolute atomic E-state index is 0.0254. The van der Waals surface area contributed by atoms with Crippen LogP contribution in [0.5, 0.6) is 5.75 Å². The summed E-state index contributed by atoms with van der Waals surface area (Å²) in [4.78, 5) is 32.2. The fourth-order valence-corrected chi connectivity index (χ4v) is 4.38. The summed E-state index contributed by atoms with van der Waals surface area (Å²) in [5, 5.41) is 3.13. The summed E-state index contributed by atoms with van der Waals surface area (Å²) in [5.74, 6) is 0.894. The Hall–Kier alpha value is -3.67. The predicted molar refractivity (Wildman–Crippen MR) is 136 cm³/mol. The molecule has 0 radical (unpaired) electrons. The second kappa shape index (κ2) is 11.2. The molecule has 2 amide bonds. The van der Waals surface area contributed by atoms with Gasteiger partial charge in [-0.3, -0.25) is 14.6 Å². The molecule has 2 atom stereocenters. The Bertz CT molecular complexity index is 1150. The van der Waals surface area contributed by atoms with Crippen LogP contribution in [0.15, 0.2) is 73.1 Å². The standard InChI is InChI=1S/C29H33N3O3/c1-20(2)15-28(33)32-18-25-9-5-4-8-24(25)16-27(32)29(34)31-21(3)23-10-12-26(13-11-23)35-19-22-7-6-14-30-17-22/h4-14,17,20-21,27H,15-16,18-19H2,1-3H3,(H,31,34). The third-order valence-corrected chi connectivity index (χ3v) is 6.32. The number of fused-ring (bicyclic) bond motifs is 1. The summed E-state index contributed by atoms with van der Waals surface area (Å²) in [6.07, 6.45) is 4.48. The molecule has 1 aromatic heterocycles. The van der Waals surface area contributed by atoms with Gasteiger partial charge >= 0.3 is 0 Å². The highest BCUT2D eigenvalue weighted by Crippen LogP contribution is 2.26. The van der Waals surface area contributed by atoms with Gasteiger partial charge in [-0.25, -0.2) is 0 Å². The van der Waals surface area contributed by atoms with Crippen LogP contribution in [0.4, 0.5) is 0 Å². The first-order valence-corrected chi connectivity index (χ1v) is 12.2. The number of benzene rings is 2. The molecule has 0 saturated heterocycles. The fraction of sp³-hybridized carbons (Fsp3) is 0.345. The highest BCUT2D eigenvalue weighted by molar-refractivity contribution is 5.88. The number of aromatic nitrogens is 1. The molecule has 1 aliphatic rings. The molecule has 2 heterocycles. The highest BCUT2D eigenvalue weighted by atomic mass is 16.5. The zero-order valence-corrected chi connectivity index (χ0v) is 20.6. The monoisotopic (exact) mass is 471 g/mol. The molecule has 6 nitrogen and oxygen atoms in total. The molecular weight excluding hydrogens is 438 g/mol. The molecule has 2 aromatic carbocycles. The van der Waals surface area contributed by atoms with Crippen molar-refractivity contribution in [2.75, 3.05) is 0 Å². The maximum atomic E-state index is 13.4. The minimum atomic E-state index is -0.513. The van der Waals surface area contributed by atoms with E-state index in [1.165, 1.54) is 0 Å². The van der Waals surface area contributed by atoms with Gasteiger partial charge in [-0.1, -0.05) is 56.3 Å². The zero-order chi connectivity index (χ0) is 24.8. The van der Waals surface area contributed by atoms with Crippen LogP contribution in [0.1, 0.15) is 55.5 Å². The number of carbonyl (C=O) groups excluding carboxylic acids is 2. The summed E-state index contributed by atoms with van der Waals surface area (Å²) in [6.45, 7) is 6.93. The van der Waals surface area contributed by atoms with E-state index in [4.69, 9.17) is 4.74 Å². The van der Waals surface area contributed by atoms with E-state index in [-0.39, 0.29) is 23.8 Å². The van der Waals surface area contributed by atoms with Crippen LogP contribution in [0.25, 0.3) is 0 Å². The van der Waals surface area contributed by atoms with E-state index in [0.29, 0.717) is 26.0 Å². The van der Waals surface area contributed by atoms with Crippen LogP contribution in [0.2, 0.25) is 0 Å². The lowest BCUT2D eigenvalue weighted by Crippen LogP contribution is -2.53. The van der Waals surface area contributed by atoms with Gasteiger partial charge in [0.2, 0.25) is 11.8 Å². The van der Waals surface area contributed by atoms with Gasteiger partial charge in [0.05, 0.1) is 6.04 Å². The summed E-state index contributed by atoms with van der Waals surface area (Å²) in [6, 6.07) is 18.9. The van der Waals surface area contributed by atoms with Crippen molar-refractivity contribution in [1.82, 2.24) is 15.2 Å². The Morgan fingerprint density at radius 3 is 2.46 bits per heavy atom. The van der Waals surface area contributed by atoms with E-state index < -0.39 is 6.04 Å². The lowest BCUT2D eigenvalue weighted by atomic mass is 9.92. The minimum Gasteiger partial charge on any atom is -0.489 e. The number of carbonyl (C=O) groups is 2. The number of nitrogens with one attached hydrogen (secondary N) is 1. The Morgan fingerprint density at radius 2 is 1.77 bits per heavy atom. The molecule has 1 aliphatic heterocycles. The maximum Gasteiger partial charge on any atom is 0.243 e. The molecular formula is C29H33N3O3. The van der Waals surface area contributed by atoms with Crippen LogP contribution in [0.3, 0.4) is 0 Å². The van der Waals surface area contributed by atoms with E-state index in [9.17, 15) is 9.59 Å². The van der Waals surface area contributed by atoms with Gasteiger partial charge < -0.3 is 15.0 Å². The van der Waals surface area contributed by atoms with Crippen LogP contribution < -0.4 is 10.1 Å². The summed E-state index contributed by atoms with van der Waals surface area (Å²) in [7, 11) is 0. The predicted octanol–water partition coefficient (Wildman–Crippen LogP) is 4.84. The van der Waals surface area contributed by atoms with Gasteiger partial charge in [0, 0.05) is 37.3 Å². The van der Waals surface area contributed by atoms with E-state index >= 15 is 0 Å². The summed E-state index contributed by atoms with van der Waals surface area (Å²) < 4.78 is 5.84. The lowest BCUT2D eigenvalue weighted by Gasteiger charge is -2.37. The van der Waals surface area contributed by atoms with Crippen molar-refractivity contribution >= 4 is 11.8 Å². The molecule has 0 bridgehead atoms. The first-order valence-electron chi connectivity index (χ1n) is 12.2. The van der Waals surface area contributed by atoms with Crippen molar-refractivity contribution in [3.63, 3.8) is 0 Å². The summed E-state index contributed by atoms with van der Waals surface area (Å²) in [5.41, 5.74) is 4.22. The molecule has 0 fully saturated rings. The van der Waals surface area contributed by atoms with Crippen molar-refractivity contribution < 1.29 is 14.3 Å². The lowest BCUT2D eigenvalue weighted by molar-refractivity contribution is -0.142. The number of hydrogen-bond acceptors (Lipinski definition) is 4. The van der Waals surface area contributed by atoms with Crippen molar-refractivity contribution in [2.45, 2.75) is 58.8 Å². The number of rotatable bonds is 8. The van der Waals surface area contributed by atoms with Gasteiger partial charge in [0.25, 0.3) is 0 Å². The number of ether oxygens (including phenoxy) is 1. The Balaban J connectivity index is 1.41.